The molecule has 0 atom stereocenters. The Morgan fingerprint density at radius 2 is 2.00 bits per heavy atom. The van der Waals surface area contributed by atoms with Gasteiger partial charge in [-0.3, -0.25) is 9.59 Å². The number of rotatable bonds is 7. The van der Waals surface area contributed by atoms with E-state index in [9.17, 15) is 9.59 Å². The van der Waals surface area contributed by atoms with Crippen LogP contribution in [0.25, 0.3) is 0 Å². The van der Waals surface area contributed by atoms with Crippen LogP contribution in [0.2, 0.25) is 0 Å². The third kappa shape index (κ3) is 4.51. The van der Waals surface area contributed by atoms with Crippen molar-refractivity contribution in [3.63, 3.8) is 0 Å². The lowest BCUT2D eigenvalue weighted by Gasteiger charge is -2.10. The SMILES string of the molecule is NC(=O)CSc1ccccc1NCc1cc(C(N)=O)cs1. The highest BCUT2D eigenvalue weighted by Gasteiger charge is 2.07. The molecular weight excluding hydrogens is 306 g/mol. The zero-order valence-electron chi connectivity index (χ0n) is 11.2. The number of benzene rings is 1. The fraction of sp³-hybridized carbons (Fsp3) is 0.143. The van der Waals surface area contributed by atoms with Gasteiger partial charge in [-0.2, -0.15) is 0 Å². The van der Waals surface area contributed by atoms with Crippen LogP contribution in [0.15, 0.2) is 40.6 Å². The Morgan fingerprint density at radius 3 is 2.67 bits per heavy atom. The molecule has 0 spiro atoms. The van der Waals surface area contributed by atoms with Crippen LogP contribution in [0.1, 0.15) is 15.2 Å². The van der Waals surface area contributed by atoms with Crippen LogP contribution in [0.3, 0.4) is 0 Å². The van der Waals surface area contributed by atoms with Gasteiger partial charge in [-0.25, -0.2) is 0 Å². The summed E-state index contributed by atoms with van der Waals surface area (Å²) in [5.74, 6) is -0.530. The number of nitrogens with one attached hydrogen (secondary N) is 1. The van der Waals surface area contributed by atoms with E-state index in [1.807, 2.05) is 24.3 Å². The van der Waals surface area contributed by atoms with Crippen LogP contribution in [0.4, 0.5) is 5.69 Å². The summed E-state index contributed by atoms with van der Waals surface area (Å²) in [4.78, 5) is 23.9. The molecule has 1 aromatic heterocycles. The monoisotopic (exact) mass is 321 g/mol. The number of thiophene rings is 1. The van der Waals surface area contributed by atoms with Crippen molar-refractivity contribution in [1.29, 1.82) is 0 Å². The molecule has 5 N–H and O–H groups in total. The van der Waals surface area contributed by atoms with Crippen molar-refractivity contribution in [2.45, 2.75) is 11.4 Å². The lowest BCUT2D eigenvalue weighted by Crippen LogP contribution is -2.13. The summed E-state index contributed by atoms with van der Waals surface area (Å²) < 4.78 is 0. The maximum Gasteiger partial charge on any atom is 0.249 e. The van der Waals surface area contributed by atoms with Crippen molar-refractivity contribution >= 4 is 40.6 Å². The average Bonchev–Trinajstić information content (AvgIpc) is 2.93. The van der Waals surface area contributed by atoms with Crippen LogP contribution < -0.4 is 16.8 Å². The second kappa shape index (κ2) is 7.14. The van der Waals surface area contributed by atoms with E-state index in [0.29, 0.717) is 12.1 Å². The normalized spacial score (nSPS) is 10.3. The number of carbonyl (C=O) groups is 2. The largest absolute Gasteiger partial charge is 0.379 e. The molecule has 0 saturated carbocycles. The van der Waals surface area contributed by atoms with Gasteiger partial charge in [0, 0.05) is 27.4 Å². The number of carbonyl (C=O) groups excluding carboxylic acids is 2. The minimum Gasteiger partial charge on any atom is -0.379 e. The Kier molecular flexibility index (Phi) is 5.24. The topological polar surface area (TPSA) is 98.2 Å². The first-order chi connectivity index (χ1) is 10.1. The fourth-order valence-electron chi connectivity index (χ4n) is 1.67. The standard InChI is InChI=1S/C14H15N3O2S2/c15-13(18)8-21-12-4-2-1-3-11(12)17-6-10-5-9(7-20-10)14(16)19/h1-5,7,17H,6,8H2,(H2,15,18)(H2,16,19). The lowest BCUT2D eigenvalue weighted by molar-refractivity contribution is -0.115. The third-order valence-corrected chi connectivity index (χ3v) is 4.68. The number of nitrogens with two attached hydrogens (primary N) is 2. The first-order valence-corrected chi connectivity index (χ1v) is 8.04. The Balaban J connectivity index is 2.01. The van der Waals surface area contributed by atoms with Crippen LogP contribution in [-0.2, 0) is 11.3 Å². The van der Waals surface area contributed by atoms with E-state index < -0.39 is 5.91 Å². The Labute approximate surface area is 130 Å². The minimum absolute atomic E-state index is 0.240. The van der Waals surface area contributed by atoms with Crippen molar-refractivity contribution in [1.82, 2.24) is 0 Å². The zero-order valence-corrected chi connectivity index (χ0v) is 12.8. The summed E-state index contributed by atoms with van der Waals surface area (Å²) in [6, 6.07) is 9.47. The summed E-state index contributed by atoms with van der Waals surface area (Å²) in [6.07, 6.45) is 0. The quantitative estimate of drug-likeness (QED) is 0.680. The number of amides is 2. The van der Waals surface area contributed by atoms with Crippen molar-refractivity contribution in [3.05, 3.63) is 46.2 Å². The molecule has 110 valence electrons. The predicted octanol–water partition coefficient (Wildman–Crippen LogP) is 2.04. The van der Waals surface area contributed by atoms with Gasteiger partial charge in [-0.05, 0) is 18.2 Å². The van der Waals surface area contributed by atoms with Gasteiger partial charge in [0.1, 0.15) is 0 Å². The molecule has 21 heavy (non-hydrogen) atoms. The van der Waals surface area contributed by atoms with Gasteiger partial charge in [0.2, 0.25) is 11.8 Å². The van der Waals surface area contributed by atoms with E-state index in [-0.39, 0.29) is 11.7 Å². The number of hydrogen-bond acceptors (Lipinski definition) is 5. The van der Waals surface area contributed by atoms with Crippen LogP contribution >= 0.6 is 23.1 Å². The molecule has 0 aliphatic heterocycles. The number of thioether (sulfide) groups is 1. The Hall–Kier alpha value is -1.99. The second-order valence-electron chi connectivity index (χ2n) is 4.27. The van der Waals surface area contributed by atoms with Gasteiger partial charge in [0.25, 0.3) is 0 Å². The molecular formula is C14H15N3O2S2. The van der Waals surface area contributed by atoms with E-state index >= 15 is 0 Å². The molecule has 0 saturated heterocycles. The first kappa shape index (κ1) is 15.4. The summed E-state index contributed by atoms with van der Waals surface area (Å²) in [5.41, 5.74) is 11.8. The van der Waals surface area contributed by atoms with Gasteiger partial charge < -0.3 is 16.8 Å². The zero-order chi connectivity index (χ0) is 15.2. The summed E-state index contributed by atoms with van der Waals surface area (Å²) in [7, 11) is 0. The molecule has 2 amide bonds. The lowest BCUT2D eigenvalue weighted by atomic mass is 10.3. The Morgan fingerprint density at radius 1 is 1.24 bits per heavy atom. The maximum absolute atomic E-state index is 11.1. The number of hydrogen-bond donors (Lipinski definition) is 3. The highest BCUT2D eigenvalue weighted by Crippen LogP contribution is 2.27. The second-order valence-corrected chi connectivity index (χ2v) is 6.28. The number of anilines is 1. The van der Waals surface area contributed by atoms with Crippen LogP contribution in [0, 0.1) is 0 Å². The van der Waals surface area contributed by atoms with Gasteiger partial charge >= 0.3 is 0 Å². The van der Waals surface area contributed by atoms with Crippen molar-refractivity contribution < 1.29 is 9.59 Å². The summed E-state index contributed by atoms with van der Waals surface area (Å²) >= 11 is 2.87. The van der Waals surface area contributed by atoms with Crippen LogP contribution in [0.5, 0.6) is 0 Å². The Bertz CT molecular complexity index is 655. The highest BCUT2D eigenvalue weighted by molar-refractivity contribution is 8.00. The van der Waals surface area contributed by atoms with Gasteiger partial charge in [0.15, 0.2) is 0 Å². The molecule has 7 heteroatoms. The van der Waals surface area contributed by atoms with E-state index in [1.54, 1.807) is 11.4 Å². The van der Waals surface area contributed by atoms with E-state index in [0.717, 1.165) is 15.5 Å². The molecule has 0 aliphatic carbocycles. The summed E-state index contributed by atoms with van der Waals surface area (Å²) in [5, 5.41) is 5.03. The molecule has 5 nitrogen and oxygen atoms in total. The van der Waals surface area contributed by atoms with Crippen molar-refractivity contribution in [2.24, 2.45) is 11.5 Å². The van der Waals surface area contributed by atoms with Crippen molar-refractivity contribution in [3.8, 4) is 0 Å². The van der Waals surface area contributed by atoms with Gasteiger partial charge in [-0.15, -0.1) is 23.1 Å². The molecule has 0 bridgehead atoms. The first-order valence-electron chi connectivity index (χ1n) is 6.17. The molecule has 1 aromatic carbocycles. The third-order valence-electron chi connectivity index (χ3n) is 2.65. The van der Waals surface area contributed by atoms with E-state index in [4.69, 9.17) is 11.5 Å². The molecule has 2 aromatic rings. The maximum atomic E-state index is 11.1. The van der Waals surface area contributed by atoms with E-state index in [1.165, 1.54) is 23.1 Å². The van der Waals surface area contributed by atoms with Gasteiger partial charge in [0.05, 0.1) is 11.3 Å². The molecule has 0 fully saturated rings. The number of primary amides is 2. The summed E-state index contributed by atoms with van der Waals surface area (Å²) in [6.45, 7) is 0.589. The van der Waals surface area contributed by atoms with Crippen LogP contribution in [-0.4, -0.2) is 17.6 Å². The fourth-order valence-corrected chi connectivity index (χ4v) is 3.25. The number of para-hydroxylation sites is 1. The predicted molar refractivity (Wildman–Crippen MR) is 86.5 cm³/mol. The smallest absolute Gasteiger partial charge is 0.249 e. The van der Waals surface area contributed by atoms with Crippen molar-refractivity contribution in [2.75, 3.05) is 11.1 Å². The molecule has 0 unspecified atom stereocenters. The molecule has 1 heterocycles. The highest BCUT2D eigenvalue weighted by atomic mass is 32.2. The molecule has 0 aliphatic rings. The average molecular weight is 321 g/mol. The van der Waals surface area contributed by atoms with Gasteiger partial charge in [-0.1, -0.05) is 12.1 Å². The van der Waals surface area contributed by atoms with E-state index in [2.05, 4.69) is 5.32 Å². The molecule has 0 radical (unpaired) electrons. The minimum atomic E-state index is -0.421. The molecule has 2 rings (SSSR count).